The summed E-state index contributed by atoms with van der Waals surface area (Å²) in [6.07, 6.45) is 4.57. The Kier molecular flexibility index (Phi) is 3.00. The van der Waals surface area contributed by atoms with Gasteiger partial charge in [0.25, 0.3) is 0 Å². The van der Waals surface area contributed by atoms with Gasteiger partial charge in [-0.25, -0.2) is 0 Å². The number of nitrogens with two attached hydrogens (primary N) is 1. The van der Waals surface area contributed by atoms with Crippen molar-refractivity contribution in [1.82, 2.24) is 0 Å². The van der Waals surface area contributed by atoms with Crippen molar-refractivity contribution in [2.24, 2.45) is 5.73 Å². The molecule has 4 heteroatoms. The van der Waals surface area contributed by atoms with E-state index in [9.17, 15) is 14.6 Å². The van der Waals surface area contributed by atoms with Crippen molar-refractivity contribution in [1.29, 1.82) is 0 Å². The summed E-state index contributed by atoms with van der Waals surface area (Å²) in [5.41, 5.74) is 6.43. The van der Waals surface area contributed by atoms with Gasteiger partial charge in [-0.3, -0.25) is 0 Å². The molecule has 17 heavy (non-hydrogen) atoms. The number of hydrogen-bond acceptors (Lipinski definition) is 3. The number of rotatable bonds is 1. The fraction of sp³-hybridized carbons (Fsp3) is 0.538. The molecule has 0 spiro atoms. The van der Waals surface area contributed by atoms with Gasteiger partial charge in [-0.05, 0) is 31.4 Å². The maximum Gasteiger partial charge on any atom is 0.206 e. The number of benzene rings is 1. The molecular weight excluding hydrogens is 221 g/mol. The summed E-state index contributed by atoms with van der Waals surface area (Å²) in [5.74, 6) is -1.96. The summed E-state index contributed by atoms with van der Waals surface area (Å²) in [5, 5.41) is 19.2. The van der Waals surface area contributed by atoms with Crippen LogP contribution in [0.4, 0.5) is 4.39 Å². The van der Waals surface area contributed by atoms with Crippen molar-refractivity contribution in [2.75, 3.05) is 0 Å². The zero-order chi connectivity index (χ0) is 12.6. The molecule has 0 unspecified atom stereocenters. The maximum atomic E-state index is 13.6. The average molecular weight is 239 g/mol. The summed E-state index contributed by atoms with van der Waals surface area (Å²) in [6.45, 7) is 1.60. The second-order valence-electron chi connectivity index (χ2n) is 4.97. The molecule has 4 N–H and O–H groups in total. The Morgan fingerprint density at radius 3 is 2.35 bits per heavy atom. The van der Waals surface area contributed by atoms with Gasteiger partial charge >= 0.3 is 0 Å². The summed E-state index contributed by atoms with van der Waals surface area (Å²) < 4.78 is 13.6. The van der Waals surface area contributed by atoms with Gasteiger partial charge in [0.1, 0.15) is 0 Å². The Hall–Kier alpha value is -1.29. The molecule has 2 rings (SSSR count). The first kappa shape index (κ1) is 12.2. The molecule has 0 aromatic heterocycles. The predicted molar refractivity (Wildman–Crippen MR) is 63.4 cm³/mol. The number of phenolic OH excluding ortho intramolecular Hbond substituents is 2. The molecule has 0 amide bonds. The first-order chi connectivity index (χ1) is 7.96. The van der Waals surface area contributed by atoms with Crippen LogP contribution in [0.2, 0.25) is 0 Å². The van der Waals surface area contributed by atoms with Crippen molar-refractivity contribution in [2.45, 2.75) is 44.6 Å². The highest BCUT2D eigenvalue weighted by atomic mass is 19.1. The molecule has 0 radical (unpaired) electrons. The molecule has 0 aliphatic heterocycles. The number of hydrogen-bond donors (Lipinski definition) is 3. The van der Waals surface area contributed by atoms with Crippen LogP contribution in [-0.4, -0.2) is 10.2 Å². The lowest BCUT2D eigenvalue weighted by atomic mass is 9.76. The largest absolute Gasteiger partial charge is 0.505 e. The third-order valence-corrected chi connectivity index (χ3v) is 3.69. The van der Waals surface area contributed by atoms with E-state index in [4.69, 9.17) is 5.73 Å². The summed E-state index contributed by atoms with van der Waals surface area (Å²) in [4.78, 5) is 0. The minimum atomic E-state index is -0.963. The van der Waals surface area contributed by atoms with Crippen LogP contribution in [0, 0.1) is 12.7 Å². The fourth-order valence-electron chi connectivity index (χ4n) is 2.59. The van der Waals surface area contributed by atoms with Crippen LogP contribution in [0.15, 0.2) is 6.07 Å². The minimum absolute atomic E-state index is 0.408. The van der Waals surface area contributed by atoms with E-state index in [2.05, 4.69) is 0 Å². The molecule has 3 nitrogen and oxygen atoms in total. The average Bonchev–Trinajstić information content (AvgIpc) is 2.32. The topological polar surface area (TPSA) is 66.5 Å². The third kappa shape index (κ3) is 1.97. The Morgan fingerprint density at radius 2 is 1.76 bits per heavy atom. The molecule has 1 fully saturated rings. The van der Waals surface area contributed by atoms with Crippen LogP contribution in [-0.2, 0) is 5.54 Å². The van der Waals surface area contributed by atoms with Crippen LogP contribution in [0.1, 0.15) is 43.2 Å². The molecule has 1 saturated carbocycles. The van der Waals surface area contributed by atoms with Crippen LogP contribution < -0.4 is 5.73 Å². The monoisotopic (exact) mass is 239 g/mol. The maximum absolute atomic E-state index is 13.6. The normalized spacial score (nSPS) is 19.2. The van der Waals surface area contributed by atoms with Crippen molar-refractivity contribution in [3.8, 4) is 11.5 Å². The molecule has 0 bridgehead atoms. The standard InChI is InChI=1S/C13H18FNO2/c1-8-7-9(12(17)10(14)11(8)16)13(15)5-3-2-4-6-13/h7,16-17H,2-6,15H2,1H3. The third-order valence-electron chi connectivity index (χ3n) is 3.69. The van der Waals surface area contributed by atoms with Gasteiger partial charge in [-0.1, -0.05) is 19.3 Å². The van der Waals surface area contributed by atoms with Gasteiger partial charge in [-0.15, -0.1) is 0 Å². The first-order valence-electron chi connectivity index (χ1n) is 5.96. The van der Waals surface area contributed by atoms with Crippen LogP contribution in [0.25, 0.3) is 0 Å². The second-order valence-corrected chi connectivity index (χ2v) is 4.97. The van der Waals surface area contributed by atoms with Crippen LogP contribution in [0.5, 0.6) is 11.5 Å². The quantitative estimate of drug-likeness (QED) is 0.705. The van der Waals surface area contributed by atoms with Gasteiger partial charge in [0.05, 0.1) is 0 Å². The lowest BCUT2D eigenvalue weighted by molar-refractivity contribution is 0.285. The number of phenols is 2. The smallest absolute Gasteiger partial charge is 0.206 e. The molecule has 1 aliphatic carbocycles. The Morgan fingerprint density at radius 1 is 1.18 bits per heavy atom. The van der Waals surface area contributed by atoms with Crippen molar-refractivity contribution >= 4 is 0 Å². The molecule has 0 heterocycles. The zero-order valence-corrected chi connectivity index (χ0v) is 9.96. The molecule has 1 aliphatic rings. The lowest BCUT2D eigenvalue weighted by Crippen LogP contribution is -2.38. The summed E-state index contributed by atoms with van der Waals surface area (Å²) in [7, 11) is 0. The van der Waals surface area contributed by atoms with E-state index in [-0.39, 0.29) is 0 Å². The Bertz CT molecular complexity index is 440. The van der Waals surface area contributed by atoms with Gasteiger partial charge in [0, 0.05) is 11.1 Å². The highest BCUT2D eigenvalue weighted by Gasteiger charge is 2.34. The molecule has 0 atom stereocenters. The van der Waals surface area contributed by atoms with Gasteiger partial charge in [0.2, 0.25) is 5.82 Å². The van der Waals surface area contributed by atoms with Crippen molar-refractivity contribution < 1.29 is 14.6 Å². The fourth-order valence-corrected chi connectivity index (χ4v) is 2.59. The van der Waals surface area contributed by atoms with E-state index in [1.165, 1.54) is 0 Å². The van der Waals surface area contributed by atoms with E-state index in [0.717, 1.165) is 32.1 Å². The minimum Gasteiger partial charge on any atom is -0.505 e. The molecule has 94 valence electrons. The highest BCUT2D eigenvalue weighted by molar-refractivity contribution is 5.49. The SMILES string of the molecule is Cc1cc(C2(N)CCCCC2)c(O)c(F)c1O. The van der Waals surface area contributed by atoms with E-state index < -0.39 is 22.9 Å². The number of halogens is 1. The van der Waals surface area contributed by atoms with Crippen LogP contribution >= 0.6 is 0 Å². The van der Waals surface area contributed by atoms with Gasteiger partial charge in [-0.2, -0.15) is 4.39 Å². The second kappa shape index (κ2) is 4.18. The van der Waals surface area contributed by atoms with E-state index >= 15 is 0 Å². The lowest BCUT2D eigenvalue weighted by Gasteiger charge is -2.34. The number of aryl methyl sites for hydroxylation is 1. The first-order valence-corrected chi connectivity index (χ1v) is 5.96. The van der Waals surface area contributed by atoms with Crippen molar-refractivity contribution in [3.05, 3.63) is 23.0 Å². The zero-order valence-electron chi connectivity index (χ0n) is 9.96. The van der Waals surface area contributed by atoms with E-state index in [1.807, 2.05) is 0 Å². The highest BCUT2D eigenvalue weighted by Crippen LogP contribution is 2.42. The van der Waals surface area contributed by atoms with Gasteiger partial charge < -0.3 is 15.9 Å². The van der Waals surface area contributed by atoms with E-state index in [0.29, 0.717) is 11.1 Å². The Balaban J connectivity index is 2.51. The summed E-state index contributed by atoms with van der Waals surface area (Å²) >= 11 is 0. The molecular formula is C13H18FNO2. The summed E-state index contributed by atoms with van der Waals surface area (Å²) in [6, 6.07) is 1.60. The molecule has 1 aromatic rings. The molecule has 1 aromatic carbocycles. The number of aromatic hydroxyl groups is 2. The van der Waals surface area contributed by atoms with Crippen LogP contribution in [0.3, 0.4) is 0 Å². The van der Waals surface area contributed by atoms with Gasteiger partial charge in [0.15, 0.2) is 11.5 Å². The van der Waals surface area contributed by atoms with E-state index in [1.54, 1.807) is 13.0 Å². The predicted octanol–water partition coefficient (Wildman–Crippen LogP) is 2.66. The van der Waals surface area contributed by atoms with Crippen molar-refractivity contribution in [3.63, 3.8) is 0 Å². The molecule has 0 saturated heterocycles. The Labute approximate surface area is 100 Å².